The maximum atomic E-state index is 13.9. The van der Waals surface area contributed by atoms with Gasteiger partial charge in [-0.3, -0.25) is 9.36 Å². The lowest BCUT2D eigenvalue weighted by molar-refractivity contribution is 0.102. The number of aromatic nitrogens is 3. The van der Waals surface area contributed by atoms with Gasteiger partial charge in [0.15, 0.2) is 28.3 Å². The Morgan fingerprint density at radius 2 is 1.68 bits per heavy atom. The van der Waals surface area contributed by atoms with Crippen LogP contribution in [-0.4, -0.2) is 26.3 Å². The van der Waals surface area contributed by atoms with Crippen LogP contribution in [-0.2, 0) is 6.61 Å². The van der Waals surface area contributed by atoms with E-state index in [-0.39, 0.29) is 23.9 Å². The predicted octanol–water partition coefficient (Wildman–Crippen LogP) is 5.27. The Hall–Kier alpha value is -3.45. The molecule has 4 aromatic rings. The molecular formula is C24H20FN3O2S. The maximum absolute atomic E-state index is 13.9. The summed E-state index contributed by atoms with van der Waals surface area (Å²) >= 11 is 1.30. The molecule has 0 N–H and O–H groups in total. The quantitative estimate of drug-likeness (QED) is 0.280. The molecule has 0 spiro atoms. The molecule has 0 aliphatic rings. The first-order valence-corrected chi connectivity index (χ1v) is 10.7. The molecular weight excluding hydrogens is 413 g/mol. The summed E-state index contributed by atoms with van der Waals surface area (Å²) in [4.78, 5) is 12.6. The van der Waals surface area contributed by atoms with Crippen molar-refractivity contribution in [1.29, 1.82) is 0 Å². The van der Waals surface area contributed by atoms with Crippen LogP contribution >= 0.6 is 11.8 Å². The van der Waals surface area contributed by atoms with Gasteiger partial charge in [0.05, 0.1) is 5.75 Å². The Balaban J connectivity index is 1.55. The first-order valence-electron chi connectivity index (χ1n) is 9.71. The maximum Gasteiger partial charge on any atom is 0.196 e. The summed E-state index contributed by atoms with van der Waals surface area (Å²) in [5, 5.41) is 9.06. The number of thioether (sulfide) groups is 1. The Bertz CT molecular complexity index is 1180. The van der Waals surface area contributed by atoms with Gasteiger partial charge < -0.3 is 4.74 Å². The summed E-state index contributed by atoms with van der Waals surface area (Å²) in [7, 11) is 0. The van der Waals surface area contributed by atoms with Gasteiger partial charge in [0.1, 0.15) is 6.61 Å². The highest BCUT2D eigenvalue weighted by atomic mass is 32.2. The molecule has 31 heavy (non-hydrogen) atoms. The average Bonchev–Trinajstić information content (AvgIpc) is 3.21. The number of benzene rings is 3. The topological polar surface area (TPSA) is 57.0 Å². The molecule has 0 saturated heterocycles. The predicted molar refractivity (Wildman–Crippen MR) is 118 cm³/mol. The Labute approximate surface area is 183 Å². The van der Waals surface area contributed by atoms with Gasteiger partial charge in [-0.1, -0.05) is 71.9 Å². The van der Waals surface area contributed by atoms with Crippen molar-refractivity contribution >= 4 is 17.5 Å². The molecule has 3 aromatic carbocycles. The van der Waals surface area contributed by atoms with Gasteiger partial charge in [0.25, 0.3) is 0 Å². The van der Waals surface area contributed by atoms with Gasteiger partial charge in [0.2, 0.25) is 0 Å². The number of hydrogen-bond donors (Lipinski definition) is 0. The largest absolute Gasteiger partial charge is 0.483 e. The van der Waals surface area contributed by atoms with Gasteiger partial charge in [-0.2, -0.15) is 0 Å². The van der Waals surface area contributed by atoms with Crippen LogP contribution in [0.5, 0.6) is 5.75 Å². The van der Waals surface area contributed by atoms with Crippen molar-refractivity contribution in [3.63, 3.8) is 0 Å². The van der Waals surface area contributed by atoms with Crippen molar-refractivity contribution in [3.05, 3.63) is 102 Å². The lowest BCUT2D eigenvalue weighted by atomic mass is 10.1. The van der Waals surface area contributed by atoms with E-state index in [1.165, 1.54) is 17.8 Å². The van der Waals surface area contributed by atoms with Crippen LogP contribution in [0.15, 0.2) is 84.0 Å². The molecule has 0 saturated carbocycles. The average molecular weight is 434 g/mol. The fourth-order valence-electron chi connectivity index (χ4n) is 2.98. The number of ether oxygens (including phenoxy) is 1. The van der Waals surface area contributed by atoms with Crippen LogP contribution in [0.25, 0.3) is 5.69 Å². The lowest BCUT2D eigenvalue weighted by Gasteiger charge is -2.11. The molecule has 0 fully saturated rings. The molecule has 5 nitrogen and oxygen atoms in total. The van der Waals surface area contributed by atoms with E-state index in [0.717, 1.165) is 11.3 Å². The Morgan fingerprint density at radius 1 is 0.968 bits per heavy atom. The highest BCUT2D eigenvalue weighted by molar-refractivity contribution is 7.99. The van der Waals surface area contributed by atoms with E-state index in [1.54, 1.807) is 18.2 Å². The van der Waals surface area contributed by atoms with Crippen molar-refractivity contribution in [1.82, 2.24) is 14.8 Å². The number of Topliss-reactive ketones (excluding diaryl/α,β-unsaturated/α-hetero) is 1. The second-order valence-electron chi connectivity index (χ2n) is 6.87. The Morgan fingerprint density at radius 3 is 2.42 bits per heavy atom. The van der Waals surface area contributed by atoms with Crippen molar-refractivity contribution < 1.29 is 13.9 Å². The lowest BCUT2D eigenvalue weighted by Crippen LogP contribution is -2.08. The number of hydrogen-bond acceptors (Lipinski definition) is 5. The van der Waals surface area contributed by atoms with Crippen LogP contribution in [0.1, 0.15) is 21.7 Å². The summed E-state index contributed by atoms with van der Waals surface area (Å²) in [5.41, 5.74) is 2.60. The molecule has 0 unspecified atom stereocenters. The molecule has 7 heteroatoms. The minimum Gasteiger partial charge on any atom is -0.483 e. The third kappa shape index (κ3) is 5.00. The van der Waals surface area contributed by atoms with Crippen LogP contribution in [0.3, 0.4) is 0 Å². The van der Waals surface area contributed by atoms with Crippen LogP contribution in [0.2, 0.25) is 0 Å². The minimum absolute atomic E-state index is 0.0109. The first kappa shape index (κ1) is 20.8. The summed E-state index contributed by atoms with van der Waals surface area (Å²) in [5.74, 6) is 0.458. The molecule has 0 aliphatic carbocycles. The monoisotopic (exact) mass is 433 g/mol. The SMILES string of the molecule is Cc1ccc(C(=O)CSc2nnc(COc3ccccc3F)n2-c2ccccc2)cc1. The number of aryl methyl sites for hydroxylation is 1. The molecule has 1 aromatic heterocycles. The highest BCUT2D eigenvalue weighted by Gasteiger charge is 2.17. The zero-order chi connectivity index (χ0) is 21.6. The van der Waals surface area contributed by atoms with Gasteiger partial charge in [-0.25, -0.2) is 4.39 Å². The third-order valence-corrected chi connectivity index (χ3v) is 5.54. The summed E-state index contributed by atoms with van der Waals surface area (Å²) < 4.78 is 21.4. The molecule has 0 aliphatic heterocycles. The summed E-state index contributed by atoms with van der Waals surface area (Å²) in [6, 6.07) is 23.3. The normalized spacial score (nSPS) is 10.8. The smallest absolute Gasteiger partial charge is 0.196 e. The Kier molecular flexibility index (Phi) is 6.43. The van der Waals surface area contributed by atoms with Gasteiger partial charge in [0, 0.05) is 11.3 Å². The van der Waals surface area contributed by atoms with Gasteiger partial charge in [-0.15, -0.1) is 10.2 Å². The minimum atomic E-state index is -0.438. The second kappa shape index (κ2) is 9.57. The first-order chi connectivity index (χ1) is 15.1. The van der Waals surface area contributed by atoms with Crippen LogP contribution < -0.4 is 4.74 Å². The summed E-state index contributed by atoms with van der Waals surface area (Å²) in [6.45, 7) is 2.02. The van der Waals surface area contributed by atoms with Crippen molar-refractivity contribution in [2.75, 3.05) is 5.75 Å². The van der Waals surface area contributed by atoms with Crippen LogP contribution in [0, 0.1) is 12.7 Å². The van der Waals surface area contributed by atoms with E-state index in [1.807, 2.05) is 66.1 Å². The van der Waals surface area contributed by atoms with Crippen molar-refractivity contribution in [2.24, 2.45) is 0 Å². The van der Waals surface area contributed by atoms with Crippen LogP contribution in [0.4, 0.5) is 4.39 Å². The van der Waals surface area contributed by atoms with E-state index >= 15 is 0 Å². The molecule has 0 radical (unpaired) electrons. The number of rotatable bonds is 8. The van der Waals surface area contributed by atoms with Crippen molar-refractivity contribution in [2.45, 2.75) is 18.7 Å². The van der Waals surface area contributed by atoms with E-state index in [4.69, 9.17) is 4.74 Å². The number of carbonyl (C=O) groups excluding carboxylic acids is 1. The van der Waals surface area contributed by atoms with Gasteiger partial charge in [-0.05, 0) is 31.2 Å². The van der Waals surface area contributed by atoms with Crippen molar-refractivity contribution in [3.8, 4) is 11.4 Å². The molecule has 156 valence electrons. The molecule has 0 atom stereocenters. The second-order valence-corrected chi connectivity index (χ2v) is 7.81. The number of halogens is 1. The number of para-hydroxylation sites is 2. The fraction of sp³-hybridized carbons (Fsp3) is 0.125. The summed E-state index contributed by atoms with van der Waals surface area (Å²) in [6.07, 6.45) is 0. The van der Waals surface area contributed by atoms with E-state index in [2.05, 4.69) is 10.2 Å². The highest BCUT2D eigenvalue weighted by Crippen LogP contribution is 2.24. The van der Waals surface area contributed by atoms with E-state index < -0.39 is 5.82 Å². The number of carbonyl (C=O) groups is 1. The number of nitrogens with zero attached hydrogens (tertiary/aromatic N) is 3. The number of ketones is 1. The zero-order valence-electron chi connectivity index (χ0n) is 16.9. The molecule has 1 heterocycles. The zero-order valence-corrected chi connectivity index (χ0v) is 17.7. The molecule has 0 amide bonds. The standard InChI is InChI=1S/C24H20FN3O2S/c1-17-11-13-18(14-12-17)21(29)16-31-24-27-26-23(28(24)19-7-3-2-4-8-19)15-30-22-10-6-5-9-20(22)25/h2-14H,15-16H2,1H3. The van der Waals surface area contributed by atoms with E-state index in [0.29, 0.717) is 16.5 Å². The van der Waals surface area contributed by atoms with E-state index in [9.17, 15) is 9.18 Å². The molecule has 4 rings (SSSR count). The fourth-order valence-corrected chi connectivity index (χ4v) is 3.85. The molecule has 0 bridgehead atoms. The third-order valence-electron chi connectivity index (χ3n) is 4.61. The van der Waals surface area contributed by atoms with Gasteiger partial charge >= 0.3 is 0 Å².